The van der Waals surface area contributed by atoms with Gasteiger partial charge in [-0.3, -0.25) is 14.4 Å². The van der Waals surface area contributed by atoms with Crippen molar-refractivity contribution in [3.05, 3.63) is 21.9 Å². The standard InChI is InChI=1S/C14H19NO4S/c1-9(16)12-6-5-11(20-12)7-8-15-13(18)14(3,4)19-10(2)17/h5-6H,7-8H2,1-4H3,(H,15,18). The highest BCUT2D eigenvalue weighted by Gasteiger charge is 2.30. The minimum atomic E-state index is -1.17. The number of rotatable bonds is 6. The molecular weight excluding hydrogens is 278 g/mol. The Bertz CT molecular complexity index is 519. The van der Waals surface area contributed by atoms with Crippen molar-refractivity contribution in [2.75, 3.05) is 6.54 Å². The second-order valence-electron chi connectivity index (χ2n) is 4.93. The Morgan fingerprint density at radius 3 is 2.40 bits per heavy atom. The summed E-state index contributed by atoms with van der Waals surface area (Å²) >= 11 is 1.42. The predicted octanol–water partition coefficient (Wildman–Crippen LogP) is 1.95. The lowest BCUT2D eigenvalue weighted by atomic mass is 10.1. The molecule has 0 unspecified atom stereocenters. The zero-order chi connectivity index (χ0) is 15.3. The molecule has 0 saturated carbocycles. The molecule has 1 N–H and O–H groups in total. The Morgan fingerprint density at radius 2 is 1.90 bits per heavy atom. The average Bonchev–Trinajstić information content (AvgIpc) is 2.76. The fraction of sp³-hybridized carbons (Fsp3) is 0.500. The summed E-state index contributed by atoms with van der Waals surface area (Å²) in [5.41, 5.74) is -1.17. The Kier molecular flexibility index (Phi) is 5.44. The van der Waals surface area contributed by atoms with Gasteiger partial charge in [-0.25, -0.2) is 0 Å². The zero-order valence-corrected chi connectivity index (χ0v) is 12.9. The Labute approximate surface area is 122 Å². The van der Waals surface area contributed by atoms with E-state index >= 15 is 0 Å². The molecule has 0 aliphatic carbocycles. The SMILES string of the molecule is CC(=O)OC(C)(C)C(=O)NCCc1ccc(C(C)=O)s1. The van der Waals surface area contributed by atoms with Crippen LogP contribution in [0.4, 0.5) is 0 Å². The third kappa shape index (κ3) is 4.77. The first kappa shape index (κ1) is 16.4. The van der Waals surface area contributed by atoms with Crippen LogP contribution in [0.1, 0.15) is 42.2 Å². The lowest BCUT2D eigenvalue weighted by Crippen LogP contribution is -2.45. The van der Waals surface area contributed by atoms with Crippen LogP contribution in [0.2, 0.25) is 0 Å². The summed E-state index contributed by atoms with van der Waals surface area (Å²) in [4.78, 5) is 35.7. The van der Waals surface area contributed by atoms with Gasteiger partial charge in [0.1, 0.15) is 0 Å². The van der Waals surface area contributed by atoms with Gasteiger partial charge in [-0.15, -0.1) is 11.3 Å². The number of carbonyl (C=O) groups excluding carboxylic acids is 3. The molecule has 110 valence electrons. The van der Waals surface area contributed by atoms with E-state index in [0.29, 0.717) is 17.8 Å². The number of ether oxygens (including phenoxy) is 1. The van der Waals surface area contributed by atoms with Crippen molar-refractivity contribution < 1.29 is 19.1 Å². The molecule has 0 atom stereocenters. The molecule has 0 saturated heterocycles. The van der Waals surface area contributed by atoms with E-state index in [1.165, 1.54) is 25.2 Å². The van der Waals surface area contributed by atoms with Gasteiger partial charge in [-0.05, 0) is 39.3 Å². The summed E-state index contributed by atoms with van der Waals surface area (Å²) in [6.07, 6.45) is 0.639. The van der Waals surface area contributed by atoms with E-state index in [2.05, 4.69) is 5.32 Å². The fourth-order valence-corrected chi connectivity index (χ4v) is 2.52. The molecule has 1 rings (SSSR count). The number of hydrogen-bond donors (Lipinski definition) is 1. The normalized spacial score (nSPS) is 11.0. The smallest absolute Gasteiger partial charge is 0.303 e. The molecule has 0 bridgehead atoms. The first-order chi connectivity index (χ1) is 9.22. The van der Waals surface area contributed by atoms with Gasteiger partial charge in [-0.2, -0.15) is 0 Å². The third-order valence-corrected chi connectivity index (χ3v) is 3.86. The molecule has 6 heteroatoms. The van der Waals surface area contributed by atoms with E-state index in [1.807, 2.05) is 6.07 Å². The van der Waals surface area contributed by atoms with Gasteiger partial charge in [0.2, 0.25) is 0 Å². The summed E-state index contributed by atoms with van der Waals surface area (Å²) in [7, 11) is 0. The maximum Gasteiger partial charge on any atom is 0.303 e. The van der Waals surface area contributed by atoms with Crippen molar-refractivity contribution in [1.82, 2.24) is 5.32 Å². The van der Waals surface area contributed by atoms with Gasteiger partial charge < -0.3 is 10.1 Å². The average molecular weight is 297 g/mol. The quantitative estimate of drug-likeness (QED) is 0.643. The summed E-state index contributed by atoms with van der Waals surface area (Å²) in [6, 6.07) is 3.66. The zero-order valence-electron chi connectivity index (χ0n) is 12.1. The lowest BCUT2D eigenvalue weighted by molar-refractivity contribution is -0.162. The Hall–Kier alpha value is -1.69. The molecule has 0 spiro atoms. The van der Waals surface area contributed by atoms with Gasteiger partial charge in [0.15, 0.2) is 11.4 Å². The number of esters is 1. The summed E-state index contributed by atoms with van der Waals surface area (Å²) in [5, 5.41) is 2.72. The van der Waals surface area contributed by atoms with E-state index in [4.69, 9.17) is 4.74 Å². The minimum absolute atomic E-state index is 0.0428. The van der Waals surface area contributed by atoms with Crippen LogP contribution in [0, 0.1) is 0 Å². The van der Waals surface area contributed by atoms with Crippen molar-refractivity contribution in [2.24, 2.45) is 0 Å². The number of amides is 1. The van der Waals surface area contributed by atoms with Crippen molar-refractivity contribution >= 4 is 29.0 Å². The molecule has 1 heterocycles. The van der Waals surface area contributed by atoms with Crippen LogP contribution < -0.4 is 5.32 Å². The summed E-state index contributed by atoms with van der Waals surface area (Å²) in [6.45, 7) is 6.32. The van der Waals surface area contributed by atoms with Crippen LogP contribution in [-0.2, 0) is 20.7 Å². The maximum absolute atomic E-state index is 11.9. The first-order valence-corrected chi connectivity index (χ1v) is 7.11. The first-order valence-electron chi connectivity index (χ1n) is 6.30. The number of ketones is 1. The number of hydrogen-bond acceptors (Lipinski definition) is 5. The number of thiophene rings is 1. The van der Waals surface area contributed by atoms with Crippen LogP contribution in [0.3, 0.4) is 0 Å². The molecule has 0 aromatic carbocycles. The highest BCUT2D eigenvalue weighted by atomic mass is 32.1. The van der Waals surface area contributed by atoms with Crippen LogP contribution in [-0.4, -0.2) is 29.8 Å². The monoisotopic (exact) mass is 297 g/mol. The van der Waals surface area contributed by atoms with Gasteiger partial charge in [0.25, 0.3) is 5.91 Å². The van der Waals surface area contributed by atoms with Crippen molar-refractivity contribution in [1.29, 1.82) is 0 Å². The highest BCUT2D eigenvalue weighted by molar-refractivity contribution is 7.14. The maximum atomic E-state index is 11.9. The summed E-state index contributed by atoms with van der Waals surface area (Å²) < 4.78 is 4.94. The van der Waals surface area contributed by atoms with E-state index in [1.54, 1.807) is 19.9 Å². The van der Waals surface area contributed by atoms with E-state index in [9.17, 15) is 14.4 Å². The molecule has 1 aromatic heterocycles. The molecular formula is C14H19NO4S. The molecule has 1 amide bonds. The van der Waals surface area contributed by atoms with Crippen LogP contribution in [0.15, 0.2) is 12.1 Å². The highest BCUT2D eigenvalue weighted by Crippen LogP contribution is 2.17. The predicted molar refractivity (Wildman–Crippen MR) is 76.9 cm³/mol. The van der Waals surface area contributed by atoms with Gasteiger partial charge in [0.05, 0.1) is 4.88 Å². The largest absolute Gasteiger partial charge is 0.450 e. The lowest BCUT2D eigenvalue weighted by Gasteiger charge is -2.23. The van der Waals surface area contributed by atoms with Crippen LogP contribution in [0.25, 0.3) is 0 Å². The molecule has 0 aliphatic rings. The second kappa shape index (κ2) is 6.65. The minimum Gasteiger partial charge on any atom is -0.450 e. The second-order valence-corrected chi connectivity index (χ2v) is 6.10. The molecule has 1 aromatic rings. The molecule has 20 heavy (non-hydrogen) atoms. The molecule has 5 nitrogen and oxygen atoms in total. The van der Waals surface area contributed by atoms with Gasteiger partial charge in [-0.1, -0.05) is 0 Å². The fourth-order valence-electron chi connectivity index (χ4n) is 1.62. The Balaban J connectivity index is 2.45. The van der Waals surface area contributed by atoms with Gasteiger partial charge >= 0.3 is 5.97 Å². The Morgan fingerprint density at radius 1 is 1.25 bits per heavy atom. The molecule has 0 aliphatic heterocycles. The third-order valence-electron chi connectivity index (χ3n) is 2.61. The molecule has 0 radical (unpaired) electrons. The number of carbonyl (C=O) groups is 3. The summed E-state index contributed by atoms with van der Waals surface area (Å²) in [5.74, 6) is -0.785. The van der Waals surface area contributed by atoms with Crippen LogP contribution in [0.5, 0.6) is 0 Å². The van der Waals surface area contributed by atoms with Gasteiger partial charge in [0, 0.05) is 18.3 Å². The van der Waals surface area contributed by atoms with E-state index < -0.39 is 11.6 Å². The molecule has 0 fully saturated rings. The van der Waals surface area contributed by atoms with Crippen LogP contribution >= 0.6 is 11.3 Å². The van der Waals surface area contributed by atoms with Crippen molar-refractivity contribution in [3.8, 4) is 0 Å². The van der Waals surface area contributed by atoms with E-state index in [0.717, 1.165) is 4.88 Å². The van der Waals surface area contributed by atoms with Crippen molar-refractivity contribution in [3.63, 3.8) is 0 Å². The topological polar surface area (TPSA) is 72.5 Å². The van der Waals surface area contributed by atoms with Crippen molar-refractivity contribution in [2.45, 2.75) is 39.7 Å². The number of nitrogens with one attached hydrogen (secondary N) is 1. The van der Waals surface area contributed by atoms with E-state index in [-0.39, 0.29) is 11.7 Å². The number of Topliss-reactive ketones (excluding diaryl/α,β-unsaturated/α-hetero) is 1.